The standard InChI is InChI=1S/C12H7BrN6O3S/c13-8-4-3-7(21-8)11-15-14-9(22-11)6-18-12(20)19(17-16-18)10-2-1-5-23-10/h1-5H,6H2. The average Bonchev–Trinajstić information content (AvgIpc) is 3.29. The summed E-state index contributed by atoms with van der Waals surface area (Å²) in [4.78, 5) is 12.2. The molecule has 11 heteroatoms. The van der Waals surface area contributed by atoms with Crippen molar-refractivity contribution in [3.05, 3.63) is 50.7 Å². The Kier molecular flexibility index (Phi) is 3.42. The zero-order valence-electron chi connectivity index (χ0n) is 11.3. The molecule has 4 rings (SSSR count). The molecule has 4 aromatic rings. The lowest BCUT2D eigenvalue weighted by Crippen LogP contribution is -2.24. The van der Waals surface area contributed by atoms with Crippen molar-refractivity contribution < 1.29 is 8.83 Å². The van der Waals surface area contributed by atoms with Crippen LogP contribution < -0.4 is 5.69 Å². The number of rotatable bonds is 4. The Hall–Kier alpha value is -2.53. The summed E-state index contributed by atoms with van der Waals surface area (Å²) in [6.07, 6.45) is 0. The molecule has 0 spiro atoms. The van der Waals surface area contributed by atoms with Crippen molar-refractivity contribution >= 4 is 27.3 Å². The molecule has 0 amide bonds. The highest BCUT2D eigenvalue weighted by Crippen LogP contribution is 2.23. The van der Waals surface area contributed by atoms with Gasteiger partial charge in [0.15, 0.2) is 10.4 Å². The molecule has 23 heavy (non-hydrogen) atoms. The van der Waals surface area contributed by atoms with Gasteiger partial charge in [0.05, 0.1) is 0 Å². The molecule has 0 aromatic carbocycles. The number of halogens is 1. The molecule has 0 bridgehead atoms. The number of thiophene rings is 1. The normalized spacial score (nSPS) is 11.2. The van der Waals surface area contributed by atoms with Crippen LogP contribution in [0.25, 0.3) is 16.7 Å². The maximum Gasteiger partial charge on any atom is 0.369 e. The van der Waals surface area contributed by atoms with Gasteiger partial charge in [-0.25, -0.2) is 4.79 Å². The molecule has 0 radical (unpaired) electrons. The quantitative estimate of drug-likeness (QED) is 0.520. The lowest BCUT2D eigenvalue weighted by atomic mass is 10.5. The third kappa shape index (κ3) is 2.64. The SMILES string of the molecule is O=c1n(Cc2nnc(-c3ccc(Br)o3)o2)nnn1-c1cccs1. The van der Waals surface area contributed by atoms with E-state index in [1.807, 2.05) is 11.4 Å². The summed E-state index contributed by atoms with van der Waals surface area (Å²) >= 11 is 4.59. The van der Waals surface area contributed by atoms with E-state index < -0.39 is 0 Å². The Morgan fingerprint density at radius 3 is 2.83 bits per heavy atom. The summed E-state index contributed by atoms with van der Waals surface area (Å²) in [5.74, 6) is 0.891. The molecule has 0 saturated carbocycles. The second-order valence-corrected chi connectivity index (χ2v) is 6.09. The number of hydrogen-bond acceptors (Lipinski definition) is 8. The Morgan fingerprint density at radius 1 is 1.17 bits per heavy atom. The predicted molar refractivity (Wildman–Crippen MR) is 82.3 cm³/mol. The molecule has 0 fully saturated rings. The Morgan fingerprint density at radius 2 is 2.09 bits per heavy atom. The Labute approximate surface area is 140 Å². The first-order valence-corrected chi connectivity index (χ1v) is 8.03. The first-order chi connectivity index (χ1) is 11.2. The number of nitrogens with zero attached hydrogens (tertiary/aromatic N) is 6. The van der Waals surface area contributed by atoms with Gasteiger partial charge in [-0.05, 0) is 56.0 Å². The van der Waals surface area contributed by atoms with E-state index in [-0.39, 0.29) is 24.0 Å². The van der Waals surface area contributed by atoms with Crippen molar-refractivity contribution in [2.45, 2.75) is 6.54 Å². The second kappa shape index (κ2) is 5.59. The highest BCUT2D eigenvalue weighted by atomic mass is 79.9. The number of furan rings is 1. The third-order valence-corrected chi connectivity index (χ3v) is 4.16. The molecular weight excluding hydrogens is 388 g/mol. The maximum absolute atomic E-state index is 12.2. The lowest BCUT2D eigenvalue weighted by molar-refractivity contribution is 0.448. The zero-order chi connectivity index (χ0) is 15.8. The fourth-order valence-corrected chi connectivity index (χ4v) is 2.85. The summed E-state index contributed by atoms with van der Waals surface area (Å²) < 4.78 is 13.7. The molecule has 0 aliphatic rings. The van der Waals surface area contributed by atoms with Gasteiger partial charge in [0.1, 0.15) is 11.5 Å². The molecule has 0 N–H and O–H groups in total. The van der Waals surface area contributed by atoms with Gasteiger partial charge in [-0.3, -0.25) is 0 Å². The van der Waals surface area contributed by atoms with E-state index in [0.717, 1.165) is 4.68 Å². The molecule has 4 aromatic heterocycles. The highest BCUT2D eigenvalue weighted by Gasteiger charge is 2.15. The monoisotopic (exact) mass is 394 g/mol. The van der Waals surface area contributed by atoms with E-state index in [9.17, 15) is 4.79 Å². The first kappa shape index (κ1) is 14.1. The summed E-state index contributed by atoms with van der Waals surface area (Å²) in [5.41, 5.74) is -0.382. The van der Waals surface area contributed by atoms with Crippen LogP contribution in [0.4, 0.5) is 0 Å². The van der Waals surface area contributed by atoms with Crippen LogP contribution in [-0.4, -0.2) is 30.0 Å². The van der Waals surface area contributed by atoms with E-state index in [0.29, 0.717) is 15.4 Å². The molecular formula is C12H7BrN6O3S. The van der Waals surface area contributed by atoms with Crippen molar-refractivity contribution in [3.8, 4) is 16.7 Å². The summed E-state index contributed by atoms with van der Waals surface area (Å²) in [5, 5.41) is 18.0. The molecule has 0 unspecified atom stereocenters. The highest BCUT2D eigenvalue weighted by molar-refractivity contribution is 9.10. The molecule has 0 aliphatic heterocycles. The molecule has 116 valence electrons. The predicted octanol–water partition coefficient (Wildman–Crippen LogP) is 1.94. The van der Waals surface area contributed by atoms with Crippen LogP contribution in [0.15, 0.2) is 47.9 Å². The van der Waals surface area contributed by atoms with Gasteiger partial charge in [-0.1, -0.05) is 0 Å². The van der Waals surface area contributed by atoms with Crippen LogP contribution >= 0.6 is 27.3 Å². The van der Waals surface area contributed by atoms with Gasteiger partial charge in [0, 0.05) is 0 Å². The van der Waals surface area contributed by atoms with Gasteiger partial charge < -0.3 is 8.83 Å². The smallest absolute Gasteiger partial charge is 0.369 e. The van der Waals surface area contributed by atoms with Crippen molar-refractivity contribution in [3.63, 3.8) is 0 Å². The summed E-state index contributed by atoms with van der Waals surface area (Å²) in [7, 11) is 0. The van der Waals surface area contributed by atoms with Gasteiger partial charge in [-0.2, -0.15) is 9.36 Å². The molecule has 0 aliphatic carbocycles. The minimum Gasteiger partial charge on any atom is -0.444 e. The fraction of sp³-hybridized carbons (Fsp3) is 0.0833. The first-order valence-electron chi connectivity index (χ1n) is 6.35. The van der Waals surface area contributed by atoms with Crippen LogP contribution in [-0.2, 0) is 6.54 Å². The third-order valence-electron chi connectivity index (χ3n) is 2.89. The summed E-state index contributed by atoms with van der Waals surface area (Å²) in [6, 6.07) is 7.03. The number of tetrazole rings is 1. The van der Waals surface area contributed by atoms with Gasteiger partial charge >= 0.3 is 5.69 Å². The second-order valence-electron chi connectivity index (χ2n) is 4.39. The minimum absolute atomic E-state index is 0.0269. The van der Waals surface area contributed by atoms with Crippen molar-refractivity contribution in [1.29, 1.82) is 0 Å². The largest absolute Gasteiger partial charge is 0.444 e. The van der Waals surface area contributed by atoms with Crippen LogP contribution in [0.3, 0.4) is 0 Å². The summed E-state index contributed by atoms with van der Waals surface area (Å²) in [6.45, 7) is 0.0269. The van der Waals surface area contributed by atoms with E-state index in [1.54, 1.807) is 18.2 Å². The van der Waals surface area contributed by atoms with Gasteiger partial charge in [0.2, 0.25) is 5.89 Å². The van der Waals surface area contributed by atoms with Crippen molar-refractivity contribution in [2.75, 3.05) is 0 Å². The van der Waals surface area contributed by atoms with Gasteiger partial charge in [-0.15, -0.1) is 21.5 Å². The Bertz CT molecular complexity index is 998. The van der Waals surface area contributed by atoms with E-state index in [1.165, 1.54) is 16.0 Å². The van der Waals surface area contributed by atoms with E-state index >= 15 is 0 Å². The molecule has 0 saturated heterocycles. The average molecular weight is 395 g/mol. The molecule has 9 nitrogen and oxygen atoms in total. The zero-order valence-corrected chi connectivity index (χ0v) is 13.7. The van der Waals surface area contributed by atoms with E-state index in [4.69, 9.17) is 8.83 Å². The topological polar surface area (TPSA) is 105 Å². The van der Waals surface area contributed by atoms with Crippen molar-refractivity contribution in [2.24, 2.45) is 0 Å². The Balaban J connectivity index is 1.60. The maximum atomic E-state index is 12.2. The van der Waals surface area contributed by atoms with Crippen LogP contribution in [0.2, 0.25) is 0 Å². The molecule has 0 atom stereocenters. The lowest BCUT2D eigenvalue weighted by Gasteiger charge is -1.92. The number of hydrogen-bond donors (Lipinski definition) is 0. The van der Waals surface area contributed by atoms with Crippen LogP contribution in [0, 0.1) is 0 Å². The molecule has 4 heterocycles. The van der Waals surface area contributed by atoms with Crippen LogP contribution in [0.5, 0.6) is 0 Å². The minimum atomic E-state index is -0.382. The fourth-order valence-electron chi connectivity index (χ4n) is 1.88. The van der Waals surface area contributed by atoms with Crippen LogP contribution in [0.1, 0.15) is 5.89 Å². The number of aromatic nitrogens is 6. The van der Waals surface area contributed by atoms with Crippen molar-refractivity contribution in [1.82, 2.24) is 30.0 Å². The van der Waals surface area contributed by atoms with E-state index in [2.05, 4.69) is 36.6 Å². The van der Waals surface area contributed by atoms with Gasteiger partial charge in [0.25, 0.3) is 5.89 Å².